The maximum atomic E-state index is 13.0. The second kappa shape index (κ2) is 13.0. The van der Waals surface area contributed by atoms with Crippen LogP contribution in [-0.2, 0) is 22.3 Å². The third-order valence-electron chi connectivity index (χ3n) is 7.56. The predicted molar refractivity (Wildman–Crippen MR) is 164 cm³/mol. The highest BCUT2D eigenvalue weighted by molar-refractivity contribution is 7.54. The molecule has 2 aliphatic rings. The molecule has 1 amide bonds. The Kier molecular flexibility index (Phi) is 9.17. The maximum absolute atomic E-state index is 13.0. The van der Waals surface area contributed by atoms with Crippen LogP contribution in [-0.4, -0.2) is 66.0 Å². The van der Waals surface area contributed by atoms with Crippen molar-refractivity contribution in [3.05, 3.63) is 106 Å². The smallest absolute Gasteiger partial charge is 0.363 e. The fourth-order valence-electron chi connectivity index (χ4n) is 5.22. The van der Waals surface area contributed by atoms with Crippen LogP contribution in [0.25, 0.3) is 33.4 Å². The average Bonchev–Trinajstić information content (AvgIpc) is 3.01. The molecule has 1 aliphatic heterocycles. The van der Waals surface area contributed by atoms with E-state index in [4.69, 9.17) is 4.42 Å². The Hall–Kier alpha value is -5.44. The lowest BCUT2D eigenvalue weighted by Gasteiger charge is -2.29. The van der Waals surface area contributed by atoms with E-state index in [0.717, 1.165) is 6.07 Å². The van der Waals surface area contributed by atoms with Crippen molar-refractivity contribution in [1.29, 1.82) is 0 Å². The normalized spacial score (nSPS) is 13.6. The molecule has 1 aromatic heterocycles. The van der Waals surface area contributed by atoms with E-state index in [9.17, 15) is 59.1 Å². The Morgan fingerprint density at radius 2 is 1.75 bits per heavy atom. The van der Waals surface area contributed by atoms with Gasteiger partial charge in [0, 0.05) is 52.3 Å². The number of nitrogens with zero attached hydrogens (tertiary/aromatic N) is 1. The van der Waals surface area contributed by atoms with E-state index >= 15 is 0 Å². The summed E-state index contributed by atoms with van der Waals surface area (Å²) >= 11 is 0. The molecule has 2 atom stereocenters. The lowest BCUT2D eigenvalue weighted by molar-refractivity contribution is -0.703. The second-order valence-electron chi connectivity index (χ2n) is 11.0. The number of carboxylic acid groups (broad SMARTS) is 2. The van der Waals surface area contributed by atoms with Crippen LogP contribution in [0.1, 0.15) is 26.3 Å². The standard InChI is InChI=1S/C32H27N2O13P/c35-19-4-7-23-26(11-19)47-27-12-20(36)5-8-24(27)28(23)22-6-3-18(10-25(22)30(39)40)29(38)33-14-21(37)16-34-9-1-2-17(15-34)13-32(43,31(41)42)48(44,45)46/h1-12,15,21,37,43H,13-14,16H2,(H5-,33,35,36,38,39,40,41,42,44,45,46). The third kappa shape index (κ3) is 6.81. The minimum Gasteiger partial charge on any atom is -0.546 e. The van der Waals surface area contributed by atoms with Crippen LogP contribution in [0.5, 0.6) is 5.75 Å². The number of aromatic hydroxyl groups is 1. The van der Waals surface area contributed by atoms with Crippen LogP contribution in [0.3, 0.4) is 0 Å². The van der Waals surface area contributed by atoms with Gasteiger partial charge in [0.2, 0.25) is 5.34 Å². The summed E-state index contributed by atoms with van der Waals surface area (Å²) in [6.07, 6.45) is 0.476. The zero-order valence-corrected chi connectivity index (χ0v) is 25.5. The molecule has 15 nitrogen and oxygen atoms in total. The summed E-state index contributed by atoms with van der Waals surface area (Å²) in [5, 5.41) is 51.5. The van der Waals surface area contributed by atoms with Gasteiger partial charge in [-0.15, -0.1) is 0 Å². The molecule has 0 bridgehead atoms. The number of phenolic OH excluding ortho intramolecular Hbond substituents is 1. The van der Waals surface area contributed by atoms with Crippen molar-refractivity contribution in [3.63, 3.8) is 0 Å². The highest BCUT2D eigenvalue weighted by Crippen LogP contribution is 2.50. The summed E-state index contributed by atoms with van der Waals surface area (Å²) in [6.45, 7) is -0.491. The molecule has 3 aromatic rings. The molecule has 2 heterocycles. The SMILES string of the molecule is O=C(NCC(O)C[n+]1cccc(CC(O)(C(=O)[O-])P(=O)(O)O)c1)c1ccc(-c2c3ccc(=O)cc-3oc3cc(O)ccc23)c(C(=O)O)c1. The topological polar surface area (TPSA) is 259 Å². The first-order valence-electron chi connectivity index (χ1n) is 14.1. The number of hydrogen-bond acceptors (Lipinski definition) is 10. The number of pyridine rings is 1. The highest BCUT2D eigenvalue weighted by atomic mass is 31.2. The Balaban J connectivity index is 1.36. The van der Waals surface area contributed by atoms with E-state index in [-0.39, 0.29) is 57.9 Å². The van der Waals surface area contributed by atoms with E-state index in [0.29, 0.717) is 16.5 Å². The van der Waals surface area contributed by atoms with Crippen LogP contribution >= 0.6 is 7.60 Å². The monoisotopic (exact) mass is 678 g/mol. The molecule has 0 spiro atoms. The Morgan fingerprint density at radius 3 is 2.44 bits per heavy atom. The summed E-state index contributed by atoms with van der Waals surface area (Å²) < 4.78 is 18.7. The molecule has 0 fully saturated rings. The van der Waals surface area contributed by atoms with E-state index in [2.05, 4.69) is 5.32 Å². The number of amides is 1. The van der Waals surface area contributed by atoms with Crippen LogP contribution in [0.15, 0.2) is 88.3 Å². The second-order valence-corrected chi connectivity index (χ2v) is 12.8. The van der Waals surface area contributed by atoms with Gasteiger partial charge in [-0.25, -0.2) is 9.36 Å². The zero-order valence-electron chi connectivity index (χ0n) is 24.6. The molecule has 2 unspecified atom stereocenters. The molecule has 0 radical (unpaired) electrons. The first kappa shape index (κ1) is 33.9. The van der Waals surface area contributed by atoms with E-state index in [1.165, 1.54) is 77.6 Å². The summed E-state index contributed by atoms with van der Waals surface area (Å²) in [6, 6.07) is 14.9. The third-order valence-corrected chi connectivity index (χ3v) is 8.86. The van der Waals surface area contributed by atoms with Gasteiger partial charge in [0.25, 0.3) is 5.91 Å². The maximum Gasteiger partial charge on any atom is 0.363 e. The lowest BCUT2D eigenvalue weighted by Crippen LogP contribution is -2.50. The fourth-order valence-corrected chi connectivity index (χ4v) is 5.85. The molecule has 7 N–H and O–H groups in total. The molecule has 0 saturated carbocycles. The molecular formula is C32H27N2O13P. The van der Waals surface area contributed by atoms with Gasteiger partial charge in [0.1, 0.15) is 23.2 Å². The van der Waals surface area contributed by atoms with Gasteiger partial charge in [0.05, 0.1) is 18.1 Å². The van der Waals surface area contributed by atoms with Gasteiger partial charge >= 0.3 is 13.6 Å². The number of aliphatic hydroxyl groups excluding tert-OH is 1. The fraction of sp³-hybridized carbons (Fsp3) is 0.156. The number of phenols is 1. The summed E-state index contributed by atoms with van der Waals surface area (Å²) in [5.74, 6) is -4.39. The number of aliphatic hydroxyl groups is 2. The van der Waals surface area contributed by atoms with Gasteiger partial charge in [-0.1, -0.05) is 6.07 Å². The average molecular weight is 679 g/mol. The van der Waals surface area contributed by atoms with E-state index < -0.39 is 43.3 Å². The van der Waals surface area contributed by atoms with E-state index in [1.54, 1.807) is 0 Å². The zero-order chi connectivity index (χ0) is 35.0. The van der Waals surface area contributed by atoms with Gasteiger partial charge in [-0.2, -0.15) is 0 Å². The largest absolute Gasteiger partial charge is 0.546 e. The van der Waals surface area contributed by atoms with Gasteiger partial charge < -0.3 is 49.8 Å². The highest BCUT2D eigenvalue weighted by Gasteiger charge is 2.47. The number of aromatic nitrogens is 1. The molecular weight excluding hydrogens is 651 g/mol. The number of aromatic carboxylic acids is 1. The van der Waals surface area contributed by atoms with Crippen molar-refractivity contribution < 1.29 is 63.3 Å². The van der Waals surface area contributed by atoms with Crippen LogP contribution in [0, 0.1) is 0 Å². The van der Waals surface area contributed by atoms with Crippen molar-refractivity contribution in [3.8, 4) is 28.2 Å². The number of rotatable bonds is 11. The molecule has 0 saturated heterocycles. The van der Waals surface area contributed by atoms with Crippen molar-refractivity contribution >= 4 is 36.4 Å². The van der Waals surface area contributed by atoms with Crippen LogP contribution < -0.4 is 20.4 Å². The minimum absolute atomic E-state index is 0.00274. The van der Waals surface area contributed by atoms with Gasteiger partial charge in [-0.05, 0) is 48.0 Å². The van der Waals surface area contributed by atoms with Crippen molar-refractivity contribution in [2.75, 3.05) is 6.54 Å². The van der Waals surface area contributed by atoms with Crippen molar-refractivity contribution in [1.82, 2.24) is 5.32 Å². The molecule has 248 valence electrons. The van der Waals surface area contributed by atoms with E-state index in [1.807, 2.05) is 0 Å². The van der Waals surface area contributed by atoms with Crippen molar-refractivity contribution in [2.45, 2.75) is 24.4 Å². The Bertz CT molecular complexity index is 2160. The quantitative estimate of drug-likeness (QED) is 0.0561. The molecule has 2 aromatic carbocycles. The summed E-state index contributed by atoms with van der Waals surface area (Å²) in [7, 11) is -5.53. The first-order chi connectivity index (χ1) is 22.6. The first-order valence-corrected chi connectivity index (χ1v) is 15.7. The predicted octanol–water partition coefficient (Wildman–Crippen LogP) is 0.206. The summed E-state index contributed by atoms with van der Waals surface area (Å²) in [5.41, 5.74) is 0.555. The lowest BCUT2D eigenvalue weighted by atomic mass is 9.90. The minimum atomic E-state index is -5.53. The van der Waals surface area contributed by atoms with Crippen LogP contribution in [0.2, 0.25) is 0 Å². The number of aliphatic carboxylic acids is 1. The number of fused-ring (bicyclic) bond motifs is 2. The summed E-state index contributed by atoms with van der Waals surface area (Å²) in [4.78, 5) is 67.4. The number of carbonyl (C=O) groups excluding carboxylic acids is 2. The van der Waals surface area contributed by atoms with Crippen molar-refractivity contribution in [2.24, 2.45) is 0 Å². The number of nitrogens with one attached hydrogen (secondary N) is 1. The number of benzene rings is 3. The number of carboxylic acids is 2. The number of carbonyl (C=O) groups is 3. The van der Waals surface area contributed by atoms with Gasteiger partial charge in [-0.3, -0.25) is 14.2 Å². The molecule has 1 aliphatic carbocycles. The Morgan fingerprint density at radius 1 is 1.02 bits per heavy atom. The molecule has 16 heteroatoms. The molecule has 5 rings (SSSR count). The number of hydrogen-bond donors (Lipinski definition) is 7. The van der Waals surface area contributed by atoms with Crippen LogP contribution in [0.4, 0.5) is 0 Å². The Labute approximate surface area is 270 Å². The van der Waals surface area contributed by atoms with Gasteiger partial charge in [0.15, 0.2) is 24.4 Å². The molecule has 48 heavy (non-hydrogen) atoms.